The molecule has 2 heterocycles. The first-order chi connectivity index (χ1) is 13.4. The highest BCUT2D eigenvalue weighted by atomic mass is 16.3. The Balaban J connectivity index is 1.43. The van der Waals surface area contributed by atoms with Gasteiger partial charge in [-0.05, 0) is 37.6 Å². The first-order valence-electron chi connectivity index (χ1n) is 9.15. The summed E-state index contributed by atoms with van der Waals surface area (Å²) in [7, 11) is 0. The van der Waals surface area contributed by atoms with Gasteiger partial charge in [-0.3, -0.25) is 19.8 Å². The average molecular weight is 384 g/mol. The predicted octanol–water partition coefficient (Wildman–Crippen LogP) is 2.00. The highest BCUT2D eigenvalue weighted by Gasteiger charge is 2.25. The number of nitrogens with one attached hydrogen (secondary N) is 2. The maximum absolute atomic E-state index is 12.2. The molecule has 1 aliphatic heterocycles. The summed E-state index contributed by atoms with van der Waals surface area (Å²) in [6, 6.07) is 8.43. The number of piperazine rings is 1. The zero-order valence-corrected chi connectivity index (χ0v) is 16.0. The van der Waals surface area contributed by atoms with Gasteiger partial charge in [0.05, 0.1) is 12.8 Å². The molecule has 1 aliphatic rings. The van der Waals surface area contributed by atoms with E-state index < -0.39 is 6.03 Å². The molecule has 1 aromatic heterocycles. The van der Waals surface area contributed by atoms with Crippen molar-refractivity contribution in [3.63, 3.8) is 0 Å². The average Bonchev–Trinajstić information content (AvgIpc) is 3.18. The van der Waals surface area contributed by atoms with E-state index in [1.165, 1.54) is 6.26 Å². The highest BCUT2D eigenvalue weighted by molar-refractivity contribution is 6.02. The molecule has 0 unspecified atom stereocenters. The van der Waals surface area contributed by atoms with E-state index >= 15 is 0 Å². The molecule has 148 valence electrons. The van der Waals surface area contributed by atoms with Crippen molar-refractivity contribution in [3.8, 4) is 0 Å². The molecule has 3 rings (SSSR count). The number of carbonyl (C=O) groups excluding carboxylic acids is 3. The molecule has 0 spiro atoms. The summed E-state index contributed by atoms with van der Waals surface area (Å²) in [5.74, 6) is -0.218. The van der Waals surface area contributed by atoms with Crippen LogP contribution in [0.15, 0.2) is 41.0 Å². The largest absolute Gasteiger partial charge is 0.459 e. The van der Waals surface area contributed by atoms with Gasteiger partial charge in [0.2, 0.25) is 5.91 Å². The molecule has 0 bridgehead atoms. The van der Waals surface area contributed by atoms with E-state index in [1.54, 1.807) is 17.0 Å². The van der Waals surface area contributed by atoms with Crippen molar-refractivity contribution < 1.29 is 18.8 Å². The van der Waals surface area contributed by atoms with Crippen LogP contribution < -0.4 is 10.6 Å². The standard InChI is InChI=1S/C20H24N4O4/c1-14-5-6-16(15(2)12-14)21-20(27)22-18(25)13-23-7-9-24(10-8-23)19(26)17-4-3-11-28-17/h3-6,11-12H,7-10,13H2,1-2H3,(H2,21,22,25,27). The zero-order chi connectivity index (χ0) is 20.1. The van der Waals surface area contributed by atoms with E-state index in [2.05, 4.69) is 10.6 Å². The molecular formula is C20H24N4O4. The van der Waals surface area contributed by atoms with Gasteiger partial charge in [0, 0.05) is 31.9 Å². The Labute approximate surface area is 163 Å². The van der Waals surface area contributed by atoms with Gasteiger partial charge in [0.25, 0.3) is 5.91 Å². The van der Waals surface area contributed by atoms with E-state index in [0.29, 0.717) is 37.6 Å². The van der Waals surface area contributed by atoms with Gasteiger partial charge in [0.15, 0.2) is 5.76 Å². The number of aryl methyl sites for hydroxylation is 2. The molecule has 1 aromatic carbocycles. The number of rotatable bonds is 4. The Morgan fingerprint density at radius 3 is 2.46 bits per heavy atom. The number of furan rings is 1. The minimum absolute atomic E-state index is 0.100. The third-order valence-electron chi connectivity index (χ3n) is 4.64. The number of hydrogen-bond acceptors (Lipinski definition) is 5. The van der Waals surface area contributed by atoms with Crippen LogP contribution in [0.2, 0.25) is 0 Å². The van der Waals surface area contributed by atoms with Gasteiger partial charge in [0.1, 0.15) is 0 Å². The van der Waals surface area contributed by atoms with Crippen molar-refractivity contribution in [1.82, 2.24) is 15.1 Å². The number of anilines is 1. The van der Waals surface area contributed by atoms with E-state index in [1.807, 2.05) is 36.9 Å². The third kappa shape index (κ3) is 4.98. The van der Waals surface area contributed by atoms with E-state index in [4.69, 9.17) is 4.42 Å². The van der Waals surface area contributed by atoms with Crippen LogP contribution in [0.5, 0.6) is 0 Å². The molecule has 2 aromatic rings. The molecule has 8 heteroatoms. The summed E-state index contributed by atoms with van der Waals surface area (Å²) in [6.45, 7) is 6.08. The van der Waals surface area contributed by atoms with Gasteiger partial charge in [-0.25, -0.2) is 4.79 Å². The fraction of sp³-hybridized carbons (Fsp3) is 0.350. The fourth-order valence-corrected chi connectivity index (χ4v) is 3.14. The van der Waals surface area contributed by atoms with Crippen molar-refractivity contribution in [2.45, 2.75) is 13.8 Å². The van der Waals surface area contributed by atoms with Crippen LogP contribution in [-0.4, -0.2) is 60.4 Å². The van der Waals surface area contributed by atoms with Crippen LogP contribution >= 0.6 is 0 Å². The Bertz CT molecular complexity index is 855. The van der Waals surface area contributed by atoms with Crippen LogP contribution in [0.3, 0.4) is 0 Å². The van der Waals surface area contributed by atoms with Gasteiger partial charge in [-0.15, -0.1) is 0 Å². The number of hydrogen-bond donors (Lipinski definition) is 2. The van der Waals surface area contributed by atoms with Crippen LogP contribution in [0.25, 0.3) is 0 Å². The van der Waals surface area contributed by atoms with Crippen molar-refractivity contribution in [2.75, 3.05) is 38.0 Å². The summed E-state index contributed by atoms with van der Waals surface area (Å²) < 4.78 is 5.13. The second kappa shape index (κ2) is 8.71. The van der Waals surface area contributed by atoms with Gasteiger partial charge < -0.3 is 14.6 Å². The van der Waals surface area contributed by atoms with E-state index in [0.717, 1.165) is 11.1 Å². The van der Waals surface area contributed by atoms with Gasteiger partial charge in [-0.1, -0.05) is 17.7 Å². The smallest absolute Gasteiger partial charge is 0.325 e. The number of imide groups is 1. The molecule has 0 radical (unpaired) electrons. The predicted molar refractivity (Wildman–Crippen MR) is 104 cm³/mol. The Morgan fingerprint density at radius 2 is 1.82 bits per heavy atom. The van der Waals surface area contributed by atoms with E-state index in [-0.39, 0.29) is 18.4 Å². The van der Waals surface area contributed by atoms with Crippen LogP contribution in [-0.2, 0) is 4.79 Å². The molecule has 0 saturated carbocycles. The SMILES string of the molecule is Cc1ccc(NC(=O)NC(=O)CN2CCN(C(=O)c3ccco3)CC2)c(C)c1. The molecule has 8 nitrogen and oxygen atoms in total. The lowest BCUT2D eigenvalue weighted by molar-refractivity contribution is -0.121. The fourth-order valence-electron chi connectivity index (χ4n) is 3.14. The molecule has 1 fully saturated rings. The molecule has 0 aliphatic carbocycles. The molecule has 1 saturated heterocycles. The minimum Gasteiger partial charge on any atom is -0.459 e. The third-order valence-corrected chi connectivity index (χ3v) is 4.64. The molecular weight excluding hydrogens is 360 g/mol. The second-order valence-corrected chi connectivity index (χ2v) is 6.87. The monoisotopic (exact) mass is 384 g/mol. The normalized spacial score (nSPS) is 14.6. The molecule has 2 N–H and O–H groups in total. The van der Waals surface area contributed by atoms with Crippen molar-refractivity contribution in [2.24, 2.45) is 0 Å². The lowest BCUT2D eigenvalue weighted by Gasteiger charge is -2.33. The van der Waals surface area contributed by atoms with Crippen molar-refractivity contribution in [1.29, 1.82) is 0 Å². The zero-order valence-electron chi connectivity index (χ0n) is 16.0. The van der Waals surface area contributed by atoms with Crippen LogP contribution in [0.4, 0.5) is 10.5 Å². The number of nitrogens with zero attached hydrogens (tertiary/aromatic N) is 2. The number of carbonyl (C=O) groups is 3. The summed E-state index contributed by atoms with van der Waals surface area (Å²) in [5, 5.41) is 5.04. The van der Waals surface area contributed by atoms with Crippen molar-refractivity contribution >= 4 is 23.5 Å². The minimum atomic E-state index is -0.552. The maximum atomic E-state index is 12.2. The second-order valence-electron chi connectivity index (χ2n) is 6.87. The lowest BCUT2D eigenvalue weighted by atomic mass is 10.1. The van der Waals surface area contributed by atoms with Crippen LogP contribution in [0, 0.1) is 13.8 Å². The van der Waals surface area contributed by atoms with Gasteiger partial charge in [-0.2, -0.15) is 0 Å². The first-order valence-corrected chi connectivity index (χ1v) is 9.15. The quantitative estimate of drug-likeness (QED) is 0.841. The summed E-state index contributed by atoms with van der Waals surface area (Å²) in [5.41, 5.74) is 2.70. The summed E-state index contributed by atoms with van der Waals surface area (Å²) in [6.07, 6.45) is 1.47. The Hall–Kier alpha value is -3.13. The first kappa shape index (κ1) is 19.6. The Morgan fingerprint density at radius 1 is 1.07 bits per heavy atom. The summed E-state index contributed by atoms with van der Waals surface area (Å²) in [4.78, 5) is 40.0. The van der Waals surface area contributed by atoms with Crippen molar-refractivity contribution in [3.05, 3.63) is 53.5 Å². The number of amides is 4. The molecule has 0 atom stereocenters. The number of urea groups is 1. The molecule has 28 heavy (non-hydrogen) atoms. The molecule has 4 amide bonds. The van der Waals surface area contributed by atoms with Crippen LogP contribution in [0.1, 0.15) is 21.7 Å². The topological polar surface area (TPSA) is 94.9 Å². The lowest BCUT2D eigenvalue weighted by Crippen LogP contribution is -2.51. The van der Waals surface area contributed by atoms with E-state index in [9.17, 15) is 14.4 Å². The maximum Gasteiger partial charge on any atom is 0.325 e. The van der Waals surface area contributed by atoms with Gasteiger partial charge >= 0.3 is 6.03 Å². The highest BCUT2D eigenvalue weighted by Crippen LogP contribution is 2.15. The Kier molecular flexibility index (Phi) is 6.10. The summed E-state index contributed by atoms with van der Waals surface area (Å²) >= 11 is 0. The number of benzene rings is 1.